The molecule has 0 saturated carbocycles. The molecule has 27 heavy (non-hydrogen) atoms. The van der Waals surface area contributed by atoms with Crippen LogP contribution in [0.2, 0.25) is 0 Å². The molecule has 0 bridgehead atoms. The molecule has 0 aliphatic carbocycles. The van der Waals surface area contributed by atoms with Gasteiger partial charge in [0.1, 0.15) is 0 Å². The molecule has 0 aliphatic rings. The summed E-state index contributed by atoms with van der Waals surface area (Å²) in [5.74, 6) is -4.47. The van der Waals surface area contributed by atoms with E-state index < -0.39 is 46.1 Å². The molecule has 0 amide bonds. The molecule has 0 aromatic heterocycles. The van der Waals surface area contributed by atoms with E-state index in [0.717, 1.165) is 24.3 Å². The first-order chi connectivity index (χ1) is 11.7. The normalized spacial score (nSPS) is 16.6. The summed E-state index contributed by atoms with van der Waals surface area (Å²) in [7, 11) is -18.0. The molecule has 148 valence electrons. The molecule has 2 unspecified atom stereocenters. The molecule has 17 heteroatoms. The molecule has 0 saturated heterocycles. The number of rotatable bonds is 6. The molecule has 7 nitrogen and oxygen atoms in total. The topological polar surface area (TPSA) is 102 Å². The molecular formula is C10H8F6KN2O5S3+. The molecule has 1 aromatic rings. The van der Waals surface area contributed by atoms with Gasteiger partial charge >= 0.3 is 62.7 Å². The van der Waals surface area contributed by atoms with Crippen LogP contribution < -0.4 is 51.4 Å². The van der Waals surface area contributed by atoms with Crippen molar-refractivity contribution in [3.63, 3.8) is 0 Å². The van der Waals surface area contributed by atoms with Crippen molar-refractivity contribution in [3.05, 3.63) is 36.4 Å². The first-order valence-corrected chi connectivity index (χ1v) is 10.3. The number of halogens is 6. The summed E-state index contributed by atoms with van der Waals surface area (Å²) in [5, 5.41) is 0. The molecule has 0 fully saturated rings. The smallest absolute Gasteiger partial charge is 0.215 e. The number of alkyl halides is 5. The van der Waals surface area contributed by atoms with Gasteiger partial charge in [-0.15, -0.1) is 0 Å². The van der Waals surface area contributed by atoms with Crippen LogP contribution in [0.4, 0.5) is 26.5 Å². The van der Waals surface area contributed by atoms with E-state index >= 15 is 0 Å². The van der Waals surface area contributed by atoms with Crippen molar-refractivity contribution in [1.29, 1.82) is 0 Å². The number of hydrogen-bond donors (Lipinski definition) is 0. The molecule has 2 atom stereocenters. The zero-order valence-corrected chi connectivity index (χ0v) is 18.7. The van der Waals surface area contributed by atoms with Gasteiger partial charge in [0, 0.05) is 0 Å². The largest absolute Gasteiger partial charge is 1.00 e. The van der Waals surface area contributed by atoms with Crippen molar-refractivity contribution in [2.45, 2.75) is 16.2 Å². The fourth-order valence-corrected chi connectivity index (χ4v) is 5.71. The third kappa shape index (κ3) is 6.49. The van der Waals surface area contributed by atoms with Crippen molar-refractivity contribution in [2.24, 2.45) is 7.54 Å². The van der Waals surface area contributed by atoms with Crippen LogP contribution in [-0.4, -0.2) is 28.1 Å². The Morgan fingerprint density at radius 1 is 1.04 bits per heavy atom. The molecule has 0 radical (unpaired) electrons. The Morgan fingerprint density at radius 2 is 1.52 bits per heavy atom. The van der Waals surface area contributed by atoms with Crippen molar-refractivity contribution >= 4 is 36.0 Å². The Hall–Kier alpha value is -0.0136. The Morgan fingerprint density at radius 3 is 1.85 bits per heavy atom. The third-order valence-electron chi connectivity index (χ3n) is 2.43. The van der Waals surface area contributed by atoms with Gasteiger partial charge in [0.2, 0.25) is 0 Å². The second-order valence-corrected chi connectivity index (χ2v) is 9.76. The van der Waals surface area contributed by atoms with Crippen LogP contribution in [0.1, 0.15) is 5.56 Å². The molecule has 1 rings (SSSR count). The summed E-state index contributed by atoms with van der Waals surface area (Å²) in [5.41, 5.74) is -5.83. The average Bonchev–Trinajstić information content (AvgIpc) is 2.53. The van der Waals surface area contributed by atoms with Crippen LogP contribution in [-0.2, 0) is 34.3 Å². The van der Waals surface area contributed by atoms with Crippen LogP contribution in [0.5, 0.6) is 0 Å². The fourth-order valence-electron chi connectivity index (χ4n) is 1.26. The predicted molar refractivity (Wildman–Crippen MR) is 79.1 cm³/mol. The second-order valence-electron chi connectivity index (χ2n) is 4.18. The zero-order valence-electron chi connectivity index (χ0n) is 13.1. The van der Waals surface area contributed by atoms with E-state index in [1.54, 1.807) is 3.77 Å². The summed E-state index contributed by atoms with van der Waals surface area (Å²) >= 11 is 0. The van der Waals surface area contributed by atoms with Crippen LogP contribution in [0.25, 0.3) is 6.08 Å². The van der Waals surface area contributed by atoms with Crippen molar-refractivity contribution in [2.75, 3.05) is 0 Å². The van der Waals surface area contributed by atoms with Gasteiger partial charge in [-0.1, -0.05) is 36.7 Å². The SMILES string of the molecule is C=Cc1ccc(S(=O)(=O)N=S(=O)(N=S(=O)(OF)C(F)F)C(F)(F)F)cc1.[K+]. The van der Waals surface area contributed by atoms with E-state index in [-0.39, 0.29) is 51.4 Å². The van der Waals surface area contributed by atoms with Gasteiger partial charge in [-0.3, -0.25) is 0 Å². The van der Waals surface area contributed by atoms with E-state index in [1.807, 2.05) is 3.77 Å². The minimum Gasteiger partial charge on any atom is -0.215 e. The van der Waals surface area contributed by atoms with E-state index in [4.69, 9.17) is 0 Å². The first kappa shape index (κ1) is 27.0. The minimum atomic E-state index is -6.52. The summed E-state index contributed by atoms with van der Waals surface area (Å²) in [4.78, 5) is -0.917. The number of nitrogens with zero attached hydrogens (tertiary/aromatic N) is 2. The Labute approximate surface area is 193 Å². The number of hydrogen-bond acceptors (Lipinski definition) is 5. The molecule has 1 aromatic carbocycles. The summed E-state index contributed by atoms with van der Waals surface area (Å²) in [6, 6.07) is 3.69. The molecular weight excluding hydrogens is 477 g/mol. The van der Waals surface area contributed by atoms with Crippen LogP contribution in [0, 0.1) is 0 Å². The minimum absolute atomic E-state index is 0. The van der Waals surface area contributed by atoms with Gasteiger partial charge in [-0.05, 0) is 22.2 Å². The van der Waals surface area contributed by atoms with E-state index in [0.29, 0.717) is 5.56 Å². The maximum atomic E-state index is 12.9. The van der Waals surface area contributed by atoms with Crippen molar-refractivity contribution < 1.29 is 99.1 Å². The Kier molecular flexibility index (Phi) is 9.65. The van der Waals surface area contributed by atoms with Gasteiger partial charge in [-0.25, -0.2) is 8.42 Å². The standard InChI is InChI=1S/C10H8F6N2O5S3.K/c1-2-7-3-5-8(6-4-7)24(19,20)17-26(22,10(13,14)15)18-25(21,23-16)9(11)12;/h2-6,9H,1H2;/q;+1. The quantitative estimate of drug-likeness (QED) is 0.430. The van der Waals surface area contributed by atoms with Gasteiger partial charge in [0.25, 0.3) is 29.9 Å². The monoisotopic (exact) mass is 485 g/mol. The van der Waals surface area contributed by atoms with Gasteiger partial charge < -0.3 is 0 Å². The molecule has 0 N–H and O–H groups in total. The van der Waals surface area contributed by atoms with E-state index in [1.165, 1.54) is 6.08 Å². The molecule has 0 heterocycles. The Bertz CT molecular complexity index is 1020. The average molecular weight is 485 g/mol. The zero-order chi connectivity index (χ0) is 20.4. The van der Waals surface area contributed by atoms with Gasteiger partial charge in [0.15, 0.2) is 0 Å². The summed E-state index contributed by atoms with van der Waals surface area (Å²) in [6.07, 6.45) is 1.26. The number of sulfonamides is 1. The summed E-state index contributed by atoms with van der Waals surface area (Å²) < 4.78 is 128. The predicted octanol–water partition coefficient (Wildman–Crippen LogP) is 0.432. The van der Waals surface area contributed by atoms with Crippen LogP contribution in [0.3, 0.4) is 0 Å². The molecule has 0 spiro atoms. The first-order valence-electron chi connectivity index (χ1n) is 5.88. The van der Waals surface area contributed by atoms with Crippen LogP contribution in [0.15, 0.2) is 43.3 Å². The second kappa shape index (κ2) is 9.66. The van der Waals surface area contributed by atoms with Crippen molar-refractivity contribution in [1.82, 2.24) is 0 Å². The third-order valence-corrected chi connectivity index (χ3v) is 7.77. The van der Waals surface area contributed by atoms with E-state index in [2.05, 4.69) is 11.0 Å². The summed E-state index contributed by atoms with van der Waals surface area (Å²) in [6.45, 7) is 3.35. The van der Waals surface area contributed by atoms with Gasteiger partial charge in [0.05, 0.1) is 4.90 Å². The maximum absolute atomic E-state index is 12.9. The van der Waals surface area contributed by atoms with Crippen LogP contribution >= 0.6 is 0 Å². The fraction of sp³-hybridized carbons (Fsp3) is 0.200. The number of benzene rings is 1. The Balaban J connectivity index is 0.00000676. The van der Waals surface area contributed by atoms with Crippen molar-refractivity contribution in [3.8, 4) is 0 Å². The van der Waals surface area contributed by atoms with Gasteiger partial charge in [-0.2, -0.15) is 30.4 Å². The molecule has 0 aliphatic heterocycles. The van der Waals surface area contributed by atoms with E-state index in [9.17, 15) is 43.3 Å². The maximum Gasteiger partial charge on any atom is 1.00 e.